The summed E-state index contributed by atoms with van der Waals surface area (Å²) in [6.45, 7) is 0. The highest BCUT2D eigenvalue weighted by Gasteiger charge is 2.13. The van der Waals surface area contributed by atoms with Crippen molar-refractivity contribution in [3.8, 4) is 5.75 Å². The van der Waals surface area contributed by atoms with E-state index >= 15 is 0 Å². The number of carbonyl (C=O) groups is 1. The Bertz CT molecular complexity index is 1150. The highest BCUT2D eigenvalue weighted by Crippen LogP contribution is 2.28. The molecule has 27 heavy (non-hydrogen) atoms. The fourth-order valence-electron chi connectivity index (χ4n) is 2.65. The number of aromatic nitrogens is 4. The Morgan fingerprint density at radius 2 is 2.15 bits per heavy atom. The Labute approximate surface area is 163 Å². The summed E-state index contributed by atoms with van der Waals surface area (Å²) in [5.41, 5.74) is 2.96. The summed E-state index contributed by atoms with van der Waals surface area (Å²) >= 11 is 7.39. The fourth-order valence-corrected chi connectivity index (χ4v) is 3.68. The van der Waals surface area contributed by atoms with Gasteiger partial charge in [-0.2, -0.15) is 0 Å². The smallest absolute Gasteiger partial charge is 0.234 e. The monoisotopic (exact) mass is 399 g/mol. The van der Waals surface area contributed by atoms with Gasteiger partial charge in [0.2, 0.25) is 5.91 Å². The number of para-hydroxylation sites is 2. The first-order chi connectivity index (χ1) is 13.2. The molecule has 0 aliphatic heterocycles. The number of fused-ring (bicyclic) bond motifs is 3. The minimum absolute atomic E-state index is 0.172. The van der Waals surface area contributed by atoms with Crippen LogP contribution in [0.15, 0.2) is 53.8 Å². The first-order valence-corrected chi connectivity index (χ1v) is 9.37. The van der Waals surface area contributed by atoms with Crippen LogP contribution in [0.3, 0.4) is 0 Å². The van der Waals surface area contributed by atoms with E-state index in [1.165, 1.54) is 18.9 Å². The minimum atomic E-state index is -0.172. The van der Waals surface area contributed by atoms with E-state index in [4.69, 9.17) is 16.3 Å². The van der Waals surface area contributed by atoms with E-state index in [1.807, 2.05) is 28.7 Å². The number of nitrogens with zero attached hydrogens (tertiary/aromatic N) is 4. The molecule has 2 heterocycles. The van der Waals surface area contributed by atoms with Crippen molar-refractivity contribution in [2.75, 3.05) is 18.2 Å². The molecule has 0 saturated carbocycles. The van der Waals surface area contributed by atoms with E-state index in [0.29, 0.717) is 27.1 Å². The molecule has 0 saturated heterocycles. The SMILES string of the molecule is COc1ccc(NC(=O)CSc2nc3ccccc3n3cnnc23)cc1Cl. The number of hydrogen-bond donors (Lipinski definition) is 1. The van der Waals surface area contributed by atoms with Gasteiger partial charge in [0.1, 0.15) is 17.1 Å². The Hall–Kier alpha value is -2.84. The second-order valence-electron chi connectivity index (χ2n) is 5.62. The molecule has 0 aliphatic rings. The van der Waals surface area contributed by atoms with Crippen molar-refractivity contribution in [2.24, 2.45) is 0 Å². The Kier molecular flexibility index (Phi) is 4.83. The van der Waals surface area contributed by atoms with Crippen molar-refractivity contribution in [2.45, 2.75) is 5.03 Å². The lowest BCUT2D eigenvalue weighted by Gasteiger charge is -2.09. The van der Waals surface area contributed by atoms with Crippen molar-refractivity contribution in [1.82, 2.24) is 19.6 Å². The van der Waals surface area contributed by atoms with Crippen LogP contribution in [0.2, 0.25) is 5.02 Å². The van der Waals surface area contributed by atoms with E-state index in [1.54, 1.807) is 24.5 Å². The normalized spacial score (nSPS) is 11.0. The standard InChI is InChI=1S/C18H14ClN5O2S/c1-26-15-7-6-11(8-12(15)19)21-16(25)9-27-18-17-23-20-10-24(17)14-5-3-2-4-13(14)22-18/h2-8,10H,9H2,1H3,(H,21,25). The molecule has 0 fully saturated rings. The third-order valence-electron chi connectivity index (χ3n) is 3.88. The molecule has 4 rings (SSSR count). The molecule has 4 aromatic rings. The number of methoxy groups -OCH3 is 1. The van der Waals surface area contributed by atoms with Gasteiger partial charge in [-0.05, 0) is 30.3 Å². The van der Waals surface area contributed by atoms with Crippen molar-refractivity contribution < 1.29 is 9.53 Å². The lowest BCUT2D eigenvalue weighted by atomic mass is 10.3. The number of thioether (sulfide) groups is 1. The molecule has 0 aliphatic carbocycles. The highest BCUT2D eigenvalue weighted by atomic mass is 35.5. The van der Waals surface area contributed by atoms with Gasteiger partial charge < -0.3 is 10.1 Å². The zero-order valence-electron chi connectivity index (χ0n) is 14.2. The number of hydrogen-bond acceptors (Lipinski definition) is 6. The molecule has 2 aromatic carbocycles. The molecule has 9 heteroatoms. The zero-order valence-corrected chi connectivity index (χ0v) is 15.8. The van der Waals surface area contributed by atoms with E-state index < -0.39 is 0 Å². The minimum Gasteiger partial charge on any atom is -0.495 e. The molecule has 1 amide bonds. The third-order valence-corrected chi connectivity index (χ3v) is 5.13. The second-order valence-corrected chi connectivity index (χ2v) is 6.99. The van der Waals surface area contributed by atoms with Crippen LogP contribution in [0.25, 0.3) is 16.7 Å². The average Bonchev–Trinajstić information content (AvgIpc) is 3.16. The average molecular weight is 400 g/mol. The van der Waals surface area contributed by atoms with Gasteiger partial charge in [0.25, 0.3) is 0 Å². The van der Waals surface area contributed by atoms with Gasteiger partial charge in [0.05, 0.1) is 28.9 Å². The van der Waals surface area contributed by atoms with E-state index in [2.05, 4.69) is 20.5 Å². The first-order valence-electron chi connectivity index (χ1n) is 8.00. The maximum Gasteiger partial charge on any atom is 0.234 e. The number of amides is 1. The number of halogens is 1. The summed E-state index contributed by atoms with van der Waals surface area (Å²) in [7, 11) is 1.54. The van der Waals surface area contributed by atoms with Crippen molar-refractivity contribution in [1.29, 1.82) is 0 Å². The second kappa shape index (κ2) is 7.42. The summed E-state index contributed by atoms with van der Waals surface area (Å²) < 4.78 is 6.97. The molecule has 0 unspecified atom stereocenters. The van der Waals surface area contributed by atoms with Crippen LogP contribution in [-0.2, 0) is 4.79 Å². The van der Waals surface area contributed by atoms with E-state index in [-0.39, 0.29) is 11.7 Å². The van der Waals surface area contributed by atoms with Crippen molar-refractivity contribution in [3.63, 3.8) is 0 Å². The van der Waals surface area contributed by atoms with Crippen molar-refractivity contribution in [3.05, 3.63) is 53.8 Å². The quantitative estimate of drug-likeness (QED) is 0.516. The Morgan fingerprint density at radius 1 is 1.30 bits per heavy atom. The van der Waals surface area contributed by atoms with Gasteiger partial charge in [-0.1, -0.05) is 35.5 Å². The van der Waals surface area contributed by atoms with Gasteiger partial charge in [0, 0.05) is 5.69 Å². The van der Waals surface area contributed by atoms with Crippen molar-refractivity contribution >= 4 is 51.6 Å². The van der Waals surface area contributed by atoms with E-state index in [0.717, 1.165) is 11.0 Å². The molecule has 0 bridgehead atoms. The van der Waals surface area contributed by atoms with E-state index in [9.17, 15) is 4.79 Å². The van der Waals surface area contributed by atoms with Crippen LogP contribution in [-0.4, -0.2) is 38.4 Å². The number of anilines is 1. The molecule has 0 atom stereocenters. The topological polar surface area (TPSA) is 81.4 Å². The summed E-state index contributed by atoms with van der Waals surface area (Å²) in [5.74, 6) is 0.560. The maximum absolute atomic E-state index is 12.3. The highest BCUT2D eigenvalue weighted by molar-refractivity contribution is 8.00. The number of carbonyl (C=O) groups excluding carboxylic acids is 1. The van der Waals surface area contributed by atoms with Gasteiger partial charge in [0.15, 0.2) is 5.65 Å². The number of rotatable bonds is 5. The number of ether oxygens (including phenoxy) is 1. The lowest BCUT2D eigenvalue weighted by molar-refractivity contribution is -0.113. The molecule has 7 nitrogen and oxygen atoms in total. The van der Waals surface area contributed by atoms with Gasteiger partial charge >= 0.3 is 0 Å². The Morgan fingerprint density at radius 3 is 2.96 bits per heavy atom. The first kappa shape index (κ1) is 17.6. The van der Waals surface area contributed by atoms with Crippen LogP contribution in [0, 0.1) is 0 Å². The summed E-state index contributed by atoms with van der Waals surface area (Å²) in [4.78, 5) is 16.9. The molecule has 0 radical (unpaired) electrons. The van der Waals surface area contributed by atoms with Crippen LogP contribution in [0.4, 0.5) is 5.69 Å². The molecule has 1 N–H and O–H groups in total. The lowest BCUT2D eigenvalue weighted by Crippen LogP contribution is -2.14. The third kappa shape index (κ3) is 3.54. The number of nitrogens with one attached hydrogen (secondary N) is 1. The summed E-state index contributed by atoms with van der Waals surface area (Å²) in [6.07, 6.45) is 1.64. The zero-order chi connectivity index (χ0) is 18.8. The van der Waals surface area contributed by atoms with Crippen LogP contribution < -0.4 is 10.1 Å². The fraction of sp³-hybridized carbons (Fsp3) is 0.111. The molecular formula is C18H14ClN5O2S. The maximum atomic E-state index is 12.3. The number of benzene rings is 2. The van der Waals surface area contributed by atoms with Gasteiger partial charge in [-0.25, -0.2) is 4.98 Å². The van der Waals surface area contributed by atoms with Gasteiger partial charge in [-0.3, -0.25) is 9.20 Å². The van der Waals surface area contributed by atoms with Gasteiger partial charge in [-0.15, -0.1) is 10.2 Å². The molecule has 0 spiro atoms. The van der Waals surface area contributed by atoms with Crippen LogP contribution >= 0.6 is 23.4 Å². The predicted molar refractivity (Wildman–Crippen MR) is 106 cm³/mol. The largest absolute Gasteiger partial charge is 0.495 e. The molecular weight excluding hydrogens is 386 g/mol. The van der Waals surface area contributed by atoms with Crippen LogP contribution in [0.1, 0.15) is 0 Å². The van der Waals surface area contributed by atoms with Crippen LogP contribution in [0.5, 0.6) is 5.75 Å². The predicted octanol–water partition coefficient (Wildman–Crippen LogP) is 3.67. The summed E-state index contributed by atoms with van der Waals surface area (Å²) in [6, 6.07) is 12.8. The molecule has 136 valence electrons. The molecule has 2 aromatic heterocycles. The summed E-state index contributed by atoms with van der Waals surface area (Å²) in [5, 5.41) is 12.0. The Balaban J connectivity index is 1.52.